The Morgan fingerprint density at radius 1 is 1.56 bits per heavy atom. The molecule has 1 saturated heterocycles. The lowest BCUT2D eigenvalue weighted by atomic mass is 9.81. The van der Waals surface area contributed by atoms with Gasteiger partial charge in [0.25, 0.3) is 0 Å². The standard InChI is InChI=1S/C14H20O2/c1-10(2)6-7-14-13(4,5)9-12(16-14)8-11(3)15-14/h6-8,12H,1,9H2,2-5H3/b7-6+. The number of ether oxygens (including phenoxy) is 2. The minimum absolute atomic E-state index is 0.0160. The van der Waals surface area contributed by atoms with E-state index in [0.29, 0.717) is 0 Å². The van der Waals surface area contributed by atoms with Crippen LogP contribution in [0.15, 0.2) is 36.1 Å². The summed E-state index contributed by atoms with van der Waals surface area (Å²) in [4.78, 5) is 0. The Kier molecular flexibility index (Phi) is 2.50. The minimum atomic E-state index is -0.616. The van der Waals surface area contributed by atoms with E-state index >= 15 is 0 Å². The zero-order valence-corrected chi connectivity index (χ0v) is 10.5. The van der Waals surface area contributed by atoms with Crippen LogP contribution in [-0.4, -0.2) is 11.9 Å². The molecule has 2 heteroatoms. The summed E-state index contributed by atoms with van der Waals surface area (Å²) < 4.78 is 11.9. The summed E-state index contributed by atoms with van der Waals surface area (Å²) in [5.41, 5.74) is 0.991. The van der Waals surface area contributed by atoms with Crippen LogP contribution < -0.4 is 0 Å². The SMILES string of the molecule is C=C(C)/C=C/C12OC(C)=CC(CC1(C)C)O2. The van der Waals surface area contributed by atoms with Crippen LogP contribution in [0.25, 0.3) is 0 Å². The van der Waals surface area contributed by atoms with E-state index in [1.807, 2.05) is 26.0 Å². The third-order valence-corrected chi connectivity index (χ3v) is 3.30. The van der Waals surface area contributed by atoms with Crippen LogP contribution in [0.1, 0.15) is 34.1 Å². The summed E-state index contributed by atoms with van der Waals surface area (Å²) in [5, 5.41) is 0. The average molecular weight is 220 g/mol. The topological polar surface area (TPSA) is 18.5 Å². The molecule has 2 atom stereocenters. The molecule has 2 unspecified atom stereocenters. The van der Waals surface area contributed by atoms with E-state index in [0.717, 1.165) is 17.8 Å². The lowest BCUT2D eigenvalue weighted by molar-refractivity contribution is -0.214. The van der Waals surface area contributed by atoms with Gasteiger partial charge in [0.2, 0.25) is 5.79 Å². The van der Waals surface area contributed by atoms with Crippen LogP contribution in [-0.2, 0) is 9.47 Å². The van der Waals surface area contributed by atoms with Crippen molar-refractivity contribution in [1.29, 1.82) is 0 Å². The van der Waals surface area contributed by atoms with Crippen LogP contribution in [0.3, 0.4) is 0 Å². The van der Waals surface area contributed by atoms with Crippen molar-refractivity contribution in [2.75, 3.05) is 0 Å². The Morgan fingerprint density at radius 2 is 2.25 bits per heavy atom. The molecule has 2 nitrogen and oxygen atoms in total. The summed E-state index contributed by atoms with van der Waals surface area (Å²) in [6.45, 7) is 12.2. The molecule has 0 N–H and O–H groups in total. The van der Waals surface area contributed by atoms with Gasteiger partial charge in [0.1, 0.15) is 0 Å². The lowest BCUT2D eigenvalue weighted by Crippen LogP contribution is -2.43. The highest BCUT2D eigenvalue weighted by molar-refractivity contribution is 5.22. The van der Waals surface area contributed by atoms with Crippen molar-refractivity contribution in [3.05, 3.63) is 36.1 Å². The first-order valence-corrected chi connectivity index (χ1v) is 5.75. The number of allylic oxidation sites excluding steroid dienone is 3. The molecule has 0 aliphatic carbocycles. The Labute approximate surface area is 97.6 Å². The van der Waals surface area contributed by atoms with Gasteiger partial charge in [-0.05, 0) is 32.4 Å². The van der Waals surface area contributed by atoms with Crippen molar-refractivity contribution < 1.29 is 9.47 Å². The Morgan fingerprint density at radius 3 is 2.88 bits per heavy atom. The van der Waals surface area contributed by atoms with Crippen molar-refractivity contribution in [2.45, 2.75) is 46.0 Å². The second-order valence-electron chi connectivity index (χ2n) is 5.47. The fourth-order valence-corrected chi connectivity index (χ4v) is 2.41. The van der Waals surface area contributed by atoms with Gasteiger partial charge in [-0.1, -0.05) is 32.1 Å². The second kappa shape index (κ2) is 3.49. The highest BCUT2D eigenvalue weighted by Crippen LogP contribution is 2.51. The largest absolute Gasteiger partial charge is 0.463 e. The fourth-order valence-electron chi connectivity index (χ4n) is 2.41. The van der Waals surface area contributed by atoms with Gasteiger partial charge in [-0.2, -0.15) is 0 Å². The number of fused-ring (bicyclic) bond motifs is 2. The molecule has 0 aromatic carbocycles. The first-order valence-electron chi connectivity index (χ1n) is 5.75. The van der Waals surface area contributed by atoms with Crippen LogP contribution >= 0.6 is 0 Å². The third kappa shape index (κ3) is 1.71. The van der Waals surface area contributed by atoms with Gasteiger partial charge in [-0.25, -0.2) is 0 Å². The highest BCUT2D eigenvalue weighted by Gasteiger charge is 2.56. The van der Waals surface area contributed by atoms with Gasteiger partial charge in [0.15, 0.2) is 0 Å². The molecule has 2 bridgehead atoms. The molecule has 16 heavy (non-hydrogen) atoms. The molecule has 0 aromatic heterocycles. The molecule has 0 amide bonds. The van der Waals surface area contributed by atoms with Crippen LogP contribution in [0.2, 0.25) is 0 Å². The van der Waals surface area contributed by atoms with Crippen LogP contribution in [0.4, 0.5) is 0 Å². The first-order chi connectivity index (χ1) is 7.35. The molecule has 88 valence electrons. The molecule has 0 radical (unpaired) electrons. The molecule has 2 heterocycles. The van der Waals surface area contributed by atoms with E-state index in [-0.39, 0.29) is 11.5 Å². The first kappa shape index (κ1) is 11.5. The van der Waals surface area contributed by atoms with Crippen molar-refractivity contribution in [1.82, 2.24) is 0 Å². The molecular weight excluding hydrogens is 200 g/mol. The number of rotatable bonds is 2. The molecule has 2 aliphatic rings. The van der Waals surface area contributed by atoms with Gasteiger partial charge in [0, 0.05) is 5.41 Å². The van der Waals surface area contributed by atoms with Gasteiger partial charge < -0.3 is 9.47 Å². The van der Waals surface area contributed by atoms with Crippen molar-refractivity contribution in [3.8, 4) is 0 Å². The van der Waals surface area contributed by atoms with E-state index < -0.39 is 5.79 Å². The highest BCUT2D eigenvalue weighted by atomic mass is 16.7. The molecular formula is C14H20O2. The second-order valence-corrected chi connectivity index (χ2v) is 5.47. The summed E-state index contributed by atoms with van der Waals surface area (Å²) in [5.74, 6) is 0.336. The maximum atomic E-state index is 5.99. The maximum Gasteiger partial charge on any atom is 0.235 e. The van der Waals surface area contributed by atoms with Crippen molar-refractivity contribution in [3.63, 3.8) is 0 Å². The molecule has 1 fully saturated rings. The predicted molar refractivity (Wildman–Crippen MR) is 64.8 cm³/mol. The summed E-state index contributed by atoms with van der Waals surface area (Å²) in [7, 11) is 0. The maximum absolute atomic E-state index is 5.99. The van der Waals surface area contributed by atoms with Gasteiger partial charge in [0.05, 0.1) is 11.9 Å². The van der Waals surface area contributed by atoms with Crippen molar-refractivity contribution >= 4 is 0 Å². The number of hydrogen-bond acceptors (Lipinski definition) is 2. The molecule has 2 rings (SSSR count). The zero-order valence-electron chi connectivity index (χ0n) is 10.5. The van der Waals surface area contributed by atoms with Gasteiger partial charge >= 0.3 is 0 Å². The summed E-state index contributed by atoms with van der Waals surface area (Å²) >= 11 is 0. The average Bonchev–Trinajstić information content (AvgIpc) is 2.29. The Balaban J connectivity index is 2.36. The number of hydrogen-bond donors (Lipinski definition) is 0. The monoisotopic (exact) mass is 220 g/mol. The molecule has 0 saturated carbocycles. The fraction of sp³-hybridized carbons (Fsp3) is 0.571. The van der Waals surface area contributed by atoms with Gasteiger partial charge in [-0.15, -0.1) is 0 Å². The summed E-state index contributed by atoms with van der Waals surface area (Å²) in [6.07, 6.45) is 7.21. The van der Waals surface area contributed by atoms with E-state index in [4.69, 9.17) is 9.47 Å². The zero-order chi connectivity index (χ0) is 12.0. The van der Waals surface area contributed by atoms with E-state index in [1.54, 1.807) is 0 Å². The quantitative estimate of drug-likeness (QED) is 0.662. The van der Waals surface area contributed by atoms with Crippen molar-refractivity contribution in [2.24, 2.45) is 5.41 Å². The Bertz CT molecular complexity index is 376. The van der Waals surface area contributed by atoms with Crippen LogP contribution in [0.5, 0.6) is 0 Å². The van der Waals surface area contributed by atoms with E-state index in [2.05, 4.69) is 26.5 Å². The van der Waals surface area contributed by atoms with E-state index in [9.17, 15) is 0 Å². The summed E-state index contributed by atoms with van der Waals surface area (Å²) in [6, 6.07) is 0. The predicted octanol–water partition coefficient (Wildman–Crippen LogP) is 3.56. The normalized spacial score (nSPS) is 36.0. The molecule has 2 aliphatic heterocycles. The Hall–Kier alpha value is -1.02. The lowest BCUT2D eigenvalue weighted by Gasteiger charge is -2.38. The molecule has 0 spiro atoms. The van der Waals surface area contributed by atoms with Crippen LogP contribution in [0, 0.1) is 5.41 Å². The third-order valence-electron chi connectivity index (χ3n) is 3.30. The van der Waals surface area contributed by atoms with E-state index in [1.165, 1.54) is 0 Å². The smallest absolute Gasteiger partial charge is 0.235 e. The molecule has 0 aromatic rings. The van der Waals surface area contributed by atoms with Gasteiger partial charge in [-0.3, -0.25) is 0 Å². The minimum Gasteiger partial charge on any atom is -0.463 e.